The van der Waals surface area contributed by atoms with Crippen LogP contribution in [0.3, 0.4) is 0 Å². The fourth-order valence-corrected chi connectivity index (χ4v) is 4.71. The third-order valence-electron chi connectivity index (χ3n) is 6.62. The number of piperazine rings is 1. The number of halogens is 3. The van der Waals surface area contributed by atoms with E-state index in [0.717, 1.165) is 36.9 Å². The lowest BCUT2D eigenvalue weighted by Gasteiger charge is -2.42. The summed E-state index contributed by atoms with van der Waals surface area (Å²) in [6, 6.07) is 5.40. The Morgan fingerprint density at radius 2 is 1.97 bits per heavy atom. The molecule has 2 saturated carbocycles. The summed E-state index contributed by atoms with van der Waals surface area (Å²) in [7, 11) is 0. The predicted molar refractivity (Wildman–Crippen MR) is 117 cm³/mol. The van der Waals surface area contributed by atoms with Gasteiger partial charge in [0.05, 0.1) is 23.0 Å². The van der Waals surface area contributed by atoms with Crippen molar-refractivity contribution in [3.8, 4) is 17.3 Å². The Bertz CT molecular complexity index is 1150. The van der Waals surface area contributed by atoms with E-state index in [0.29, 0.717) is 30.2 Å². The van der Waals surface area contributed by atoms with Gasteiger partial charge in [0.15, 0.2) is 0 Å². The summed E-state index contributed by atoms with van der Waals surface area (Å²) in [6.45, 7) is 0.851. The number of nitriles is 1. The van der Waals surface area contributed by atoms with Crippen LogP contribution in [-0.4, -0.2) is 57.6 Å². The van der Waals surface area contributed by atoms with E-state index in [9.17, 15) is 23.2 Å². The van der Waals surface area contributed by atoms with Gasteiger partial charge in [0.25, 0.3) is 0 Å². The molecular weight excluding hydrogens is 447 g/mol. The monoisotopic (exact) mass is 471 g/mol. The van der Waals surface area contributed by atoms with Crippen molar-refractivity contribution in [1.29, 1.82) is 5.26 Å². The Labute approximate surface area is 194 Å². The Kier molecular flexibility index (Phi) is 5.54. The normalized spacial score (nSPS) is 20.8. The molecule has 0 spiro atoms. The third kappa shape index (κ3) is 4.62. The zero-order valence-corrected chi connectivity index (χ0v) is 18.4. The van der Waals surface area contributed by atoms with Gasteiger partial charge in [0.2, 0.25) is 11.9 Å². The van der Waals surface area contributed by atoms with Crippen LogP contribution in [0.25, 0.3) is 11.3 Å². The number of alkyl halides is 3. The van der Waals surface area contributed by atoms with Crippen LogP contribution in [0.5, 0.6) is 0 Å². The summed E-state index contributed by atoms with van der Waals surface area (Å²) in [5, 5.41) is 9.91. The molecule has 2 aromatic heterocycles. The van der Waals surface area contributed by atoms with Crippen molar-refractivity contribution in [3.05, 3.63) is 29.6 Å². The van der Waals surface area contributed by atoms with Crippen molar-refractivity contribution in [3.63, 3.8) is 0 Å². The predicted octanol–water partition coefficient (Wildman–Crippen LogP) is 3.25. The van der Waals surface area contributed by atoms with Gasteiger partial charge in [0.1, 0.15) is 18.3 Å². The fourth-order valence-electron chi connectivity index (χ4n) is 4.71. The number of aromatic nitrogens is 3. The molecule has 8 nitrogen and oxygen atoms in total. The molecule has 3 heterocycles. The molecule has 3 fully saturated rings. The molecule has 2 N–H and O–H groups in total. The van der Waals surface area contributed by atoms with Crippen molar-refractivity contribution >= 4 is 17.7 Å². The minimum Gasteiger partial charge on any atom is -0.368 e. The van der Waals surface area contributed by atoms with Crippen LogP contribution in [0.2, 0.25) is 0 Å². The number of nitrogens with zero attached hydrogens (tertiary/aromatic N) is 6. The van der Waals surface area contributed by atoms with Gasteiger partial charge in [-0.3, -0.25) is 4.79 Å². The van der Waals surface area contributed by atoms with E-state index in [1.807, 2.05) is 4.90 Å². The molecule has 34 heavy (non-hydrogen) atoms. The fraction of sp³-hybridized carbons (Fsp3) is 0.522. The second kappa shape index (κ2) is 8.42. The van der Waals surface area contributed by atoms with Gasteiger partial charge in [-0.25, -0.2) is 15.0 Å². The second-order valence-electron chi connectivity index (χ2n) is 9.21. The van der Waals surface area contributed by atoms with Gasteiger partial charge in [-0.1, -0.05) is 0 Å². The minimum atomic E-state index is -4.53. The molecule has 1 amide bonds. The Morgan fingerprint density at radius 3 is 2.59 bits per heavy atom. The molecule has 11 heteroatoms. The Morgan fingerprint density at radius 1 is 1.21 bits per heavy atom. The van der Waals surface area contributed by atoms with Gasteiger partial charge in [-0.15, -0.1) is 0 Å². The lowest BCUT2D eigenvalue weighted by molar-refractivity contribution is -0.163. The molecule has 3 aliphatic rings. The van der Waals surface area contributed by atoms with Gasteiger partial charge in [-0.2, -0.15) is 18.4 Å². The van der Waals surface area contributed by atoms with Crippen LogP contribution in [0, 0.1) is 17.2 Å². The molecule has 1 aliphatic heterocycles. The van der Waals surface area contributed by atoms with E-state index < -0.39 is 18.5 Å². The largest absolute Gasteiger partial charge is 0.397 e. The summed E-state index contributed by atoms with van der Waals surface area (Å²) in [5.41, 5.74) is 8.31. The summed E-state index contributed by atoms with van der Waals surface area (Å²) in [6.07, 6.45) is -0.682. The molecular formula is C23H24F3N7O. The molecule has 0 aromatic carbocycles. The molecule has 2 aromatic rings. The molecule has 0 radical (unpaired) electrons. The van der Waals surface area contributed by atoms with E-state index in [1.54, 1.807) is 18.3 Å². The van der Waals surface area contributed by atoms with Gasteiger partial charge >= 0.3 is 6.18 Å². The maximum Gasteiger partial charge on any atom is 0.397 e. The second-order valence-corrected chi connectivity index (χ2v) is 9.21. The Hall–Kier alpha value is -3.42. The highest BCUT2D eigenvalue weighted by Crippen LogP contribution is 2.45. The lowest BCUT2D eigenvalue weighted by atomic mass is 10.0. The molecule has 0 bridgehead atoms. The van der Waals surface area contributed by atoms with Crippen molar-refractivity contribution in [2.75, 3.05) is 30.3 Å². The van der Waals surface area contributed by atoms with Crippen molar-refractivity contribution in [1.82, 2.24) is 19.9 Å². The van der Waals surface area contributed by atoms with Crippen LogP contribution in [-0.2, 0) is 4.79 Å². The summed E-state index contributed by atoms with van der Waals surface area (Å²) >= 11 is 0. The van der Waals surface area contributed by atoms with E-state index in [1.165, 1.54) is 4.90 Å². The van der Waals surface area contributed by atoms with E-state index in [-0.39, 0.29) is 30.4 Å². The highest BCUT2D eigenvalue weighted by Gasteiger charge is 2.44. The van der Waals surface area contributed by atoms with Crippen molar-refractivity contribution < 1.29 is 18.0 Å². The topological polar surface area (TPSA) is 112 Å². The summed E-state index contributed by atoms with van der Waals surface area (Å²) < 4.78 is 38.6. The van der Waals surface area contributed by atoms with Gasteiger partial charge in [-0.05, 0) is 43.7 Å². The number of nitrogens with two attached hydrogens (primary N) is 1. The summed E-state index contributed by atoms with van der Waals surface area (Å²) in [4.78, 5) is 28.9. The number of carbonyl (C=O) groups is 1. The van der Waals surface area contributed by atoms with Crippen molar-refractivity contribution in [2.24, 2.45) is 5.92 Å². The van der Waals surface area contributed by atoms with Crippen LogP contribution in [0.15, 0.2) is 18.3 Å². The maximum atomic E-state index is 12.9. The van der Waals surface area contributed by atoms with Crippen LogP contribution in [0.1, 0.15) is 49.3 Å². The number of amides is 1. The average Bonchev–Trinajstić information content (AvgIpc) is 3.70. The first-order valence-electron chi connectivity index (χ1n) is 11.4. The van der Waals surface area contributed by atoms with Crippen molar-refractivity contribution in [2.45, 2.75) is 50.2 Å². The highest BCUT2D eigenvalue weighted by atomic mass is 19.4. The number of nitrogen functional groups attached to an aromatic ring is 1. The lowest BCUT2D eigenvalue weighted by Crippen LogP contribution is -2.57. The number of pyridine rings is 1. The third-order valence-corrected chi connectivity index (χ3v) is 6.62. The van der Waals surface area contributed by atoms with E-state index >= 15 is 0 Å². The zero-order valence-electron chi connectivity index (χ0n) is 18.4. The quantitative estimate of drug-likeness (QED) is 0.712. The number of anilines is 2. The average molecular weight is 471 g/mol. The first kappa shape index (κ1) is 22.4. The maximum absolute atomic E-state index is 12.9. The molecule has 178 valence electrons. The smallest absolute Gasteiger partial charge is 0.368 e. The molecule has 5 rings (SSSR count). The van der Waals surface area contributed by atoms with E-state index in [4.69, 9.17) is 10.7 Å². The zero-order chi connectivity index (χ0) is 24.0. The SMILES string of the molecule is N#Cc1cc(-c2ccnc(N)n2)c(C2CC2)nc1N1CCN(C(=O)CC(F)(F)F)[C@H](C2CC2)C1. The molecule has 2 aliphatic carbocycles. The number of hydrogen-bond acceptors (Lipinski definition) is 7. The molecule has 1 atom stereocenters. The molecule has 0 unspecified atom stereocenters. The molecule has 1 saturated heterocycles. The minimum absolute atomic E-state index is 0.133. The number of rotatable bonds is 5. The standard InChI is InChI=1S/C23H24F3N7O/c24-23(25,26)10-19(34)33-8-7-32(12-18(33)13-1-2-13)21-15(11-27)9-16(20(31-21)14-3-4-14)17-5-6-29-22(28)30-17/h5-6,9,13-14,18H,1-4,7-8,10,12H2,(H2,28,29,30)/t18-/m0/s1. The first-order valence-corrected chi connectivity index (χ1v) is 11.4. The van der Waals surface area contributed by atoms with Gasteiger partial charge in [0, 0.05) is 37.3 Å². The highest BCUT2D eigenvalue weighted by molar-refractivity contribution is 5.78. The van der Waals surface area contributed by atoms with Crippen LogP contribution in [0.4, 0.5) is 24.9 Å². The Balaban J connectivity index is 1.46. The van der Waals surface area contributed by atoms with Gasteiger partial charge < -0.3 is 15.5 Å². The van der Waals surface area contributed by atoms with Crippen LogP contribution < -0.4 is 10.6 Å². The summed E-state index contributed by atoms with van der Waals surface area (Å²) in [5.74, 6) is 0.202. The van der Waals surface area contributed by atoms with Crippen LogP contribution >= 0.6 is 0 Å². The number of carbonyl (C=O) groups excluding carboxylic acids is 1. The number of hydrogen-bond donors (Lipinski definition) is 1. The first-order chi connectivity index (χ1) is 16.2. The van der Waals surface area contributed by atoms with E-state index in [2.05, 4.69) is 16.0 Å².